The summed E-state index contributed by atoms with van der Waals surface area (Å²) in [5.41, 5.74) is 2.39. The molecule has 0 bridgehead atoms. The fourth-order valence-corrected chi connectivity index (χ4v) is 2.19. The van der Waals surface area contributed by atoms with E-state index in [-0.39, 0.29) is 23.0 Å². The van der Waals surface area contributed by atoms with Gasteiger partial charge in [0.1, 0.15) is 0 Å². The Morgan fingerprint density at radius 3 is 2.04 bits per heavy atom. The second-order valence-corrected chi connectivity index (χ2v) is 5.41. The minimum absolute atomic E-state index is 0.125. The van der Waals surface area contributed by atoms with E-state index in [9.17, 15) is 9.90 Å². The normalized spacial score (nSPS) is 10.7. The highest BCUT2D eigenvalue weighted by Crippen LogP contribution is 2.37. The van der Waals surface area contributed by atoms with Crippen molar-refractivity contribution < 1.29 is 19.4 Å². The second-order valence-electron chi connectivity index (χ2n) is 5.41. The number of carbonyl (C=O) groups is 1. The van der Waals surface area contributed by atoms with Crippen LogP contribution < -0.4 is 14.4 Å². The van der Waals surface area contributed by atoms with Gasteiger partial charge >= 0.3 is 0 Å². The highest BCUT2D eigenvalue weighted by atomic mass is 16.5. The summed E-state index contributed by atoms with van der Waals surface area (Å²) in [4.78, 5) is 14.4. The number of hydrogen-bond donors (Lipinski definition) is 1. The van der Waals surface area contributed by atoms with Gasteiger partial charge in [0.15, 0.2) is 17.3 Å². The molecule has 0 amide bonds. The maximum absolute atomic E-state index is 12.4. The van der Waals surface area contributed by atoms with Crippen LogP contribution in [0, 0.1) is 0 Å². The largest absolute Gasteiger partial charge is 0.502 e. The number of aromatic hydroxyl groups is 1. The van der Waals surface area contributed by atoms with E-state index in [0.29, 0.717) is 5.56 Å². The number of phenolic OH excluding ortho intramolecular Hbond substituents is 1. The maximum Gasteiger partial charge on any atom is 0.200 e. The highest BCUT2D eigenvalue weighted by molar-refractivity contribution is 6.07. The molecule has 0 unspecified atom stereocenters. The minimum Gasteiger partial charge on any atom is -0.502 e. The smallest absolute Gasteiger partial charge is 0.200 e. The number of benzene rings is 2. The molecule has 2 aromatic rings. The molecule has 0 aliphatic rings. The van der Waals surface area contributed by atoms with Gasteiger partial charge in [-0.05, 0) is 35.9 Å². The Kier molecular flexibility index (Phi) is 5.47. The molecule has 0 saturated carbocycles. The van der Waals surface area contributed by atoms with Crippen molar-refractivity contribution in [1.82, 2.24) is 0 Å². The van der Waals surface area contributed by atoms with Crippen LogP contribution in [0.25, 0.3) is 6.08 Å². The van der Waals surface area contributed by atoms with E-state index in [2.05, 4.69) is 0 Å². The van der Waals surface area contributed by atoms with Crippen LogP contribution >= 0.6 is 0 Å². The molecule has 24 heavy (non-hydrogen) atoms. The van der Waals surface area contributed by atoms with Gasteiger partial charge in [0.2, 0.25) is 5.75 Å². The van der Waals surface area contributed by atoms with Crippen molar-refractivity contribution in [2.45, 2.75) is 0 Å². The Hall–Kier alpha value is -2.95. The first-order chi connectivity index (χ1) is 11.5. The summed E-state index contributed by atoms with van der Waals surface area (Å²) in [5.74, 6) is 0.0611. The molecule has 0 heterocycles. The predicted molar refractivity (Wildman–Crippen MR) is 95.3 cm³/mol. The van der Waals surface area contributed by atoms with Gasteiger partial charge < -0.3 is 19.5 Å². The average molecular weight is 327 g/mol. The molecule has 0 atom stereocenters. The Balaban J connectivity index is 2.22. The van der Waals surface area contributed by atoms with Crippen molar-refractivity contribution in [1.29, 1.82) is 0 Å². The van der Waals surface area contributed by atoms with E-state index in [4.69, 9.17) is 9.47 Å². The van der Waals surface area contributed by atoms with E-state index in [1.807, 2.05) is 43.3 Å². The summed E-state index contributed by atoms with van der Waals surface area (Å²) in [6.07, 6.45) is 3.23. The predicted octanol–water partition coefficient (Wildman–Crippen LogP) is 3.37. The summed E-state index contributed by atoms with van der Waals surface area (Å²) in [5, 5.41) is 9.89. The third kappa shape index (κ3) is 3.87. The lowest BCUT2D eigenvalue weighted by Crippen LogP contribution is -2.07. The van der Waals surface area contributed by atoms with E-state index in [1.165, 1.54) is 32.4 Å². The molecule has 0 radical (unpaired) electrons. The average Bonchev–Trinajstić information content (AvgIpc) is 2.60. The van der Waals surface area contributed by atoms with Crippen molar-refractivity contribution >= 4 is 17.5 Å². The van der Waals surface area contributed by atoms with Gasteiger partial charge in [-0.25, -0.2) is 0 Å². The number of carbonyl (C=O) groups excluding carboxylic acids is 1. The monoisotopic (exact) mass is 327 g/mol. The molecule has 0 aliphatic heterocycles. The number of phenols is 1. The van der Waals surface area contributed by atoms with Gasteiger partial charge in [-0.15, -0.1) is 0 Å². The fourth-order valence-electron chi connectivity index (χ4n) is 2.19. The van der Waals surface area contributed by atoms with E-state index < -0.39 is 0 Å². The van der Waals surface area contributed by atoms with Crippen molar-refractivity contribution in [3.63, 3.8) is 0 Å². The second kappa shape index (κ2) is 7.55. The molecule has 2 aromatic carbocycles. The third-order valence-electron chi connectivity index (χ3n) is 3.60. The first-order valence-electron chi connectivity index (χ1n) is 7.41. The lowest BCUT2D eigenvalue weighted by molar-refractivity contribution is 0.104. The lowest BCUT2D eigenvalue weighted by Gasteiger charge is -2.11. The molecule has 1 N–H and O–H groups in total. The van der Waals surface area contributed by atoms with Crippen LogP contribution in [0.1, 0.15) is 15.9 Å². The quantitative estimate of drug-likeness (QED) is 0.651. The molecule has 2 rings (SSSR count). The lowest BCUT2D eigenvalue weighted by atomic mass is 10.1. The summed E-state index contributed by atoms with van der Waals surface area (Å²) >= 11 is 0. The summed E-state index contributed by atoms with van der Waals surface area (Å²) < 4.78 is 10.1. The summed E-state index contributed by atoms with van der Waals surface area (Å²) in [7, 11) is 6.79. The molecular formula is C19H21NO4. The van der Waals surface area contributed by atoms with E-state index in [0.717, 1.165) is 11.3 Å². The number of ether oxygens (including phenoxy) is 2. The molecule has 0 aliphatic carbocycles. The van der Waals surface area contributed by atoms with Crippen LogP contribution in [0.15, 0.2) is 42.5 Å². The fraction of sp³-hybridized carbons (Fsp3) is 0.211. The SMILES string of the molecule is COc1cc(C(=O)/C=C/c2ccc(N(C)C)cc2)cc(OC)c1O. The van der Waals surface area contributed by atoms with Crippen LogP contribution in [-0.4, -0.2) is 39.2 Å². The Morgan fingerprint density at radius 2 is 1.58 bits per heavy atom. The Morgan fingerprint density at radius 1 is 1.04 bits per heavy atom. The molecule has 0 saturated heterocycles. The minimum atomic E-state index is -0.205. The highest BCUT2D eigenvalue weighted by Gasteiger charge is 2.14. The van der Waals surface area contributed by atoms with Gasteiger partial charge in [0, 0.05) is 25.3 Å². The topological polar surface area (TPSA) is 59.0 Å². The zero-order valence-corrected chi connectivity index (χ0v) is 14.2. The number of methoxy groups -OCH3 is 2. The Labute approximate surface area is 141 Å². The molecule has 0 spiro atoms. The summed E-state index contributed by atoms with van der Waals surface area (Å²) in [6, 6.07) is 10.8. The van der Waals surface area contributed by atoms with Crippen LogP contribution in [0.2, 0.25) is 0 Å². The van der Waals surface area contributed by atoms with Gasteiger partial charge in [-0.3, -0.25) is 4.79 Å². The van der Waals surface area contributed by atoms with Crippen LogP contribution in [0.3, 0.4) is 0 Å². The van der Waals surface area contributed by atoms with Gasteiger partial charge in [-0.2, -0.15) is 0 Å². The Bertz CT molecular complexity index is 723. The molecule has 126 valence electrons. The van der Waals surface area contributed by atoms with Crippen molar-refractivity contribution in [3.8, 4) is 17.2 Å². The molecule has 5 nitrogen and oxygen atoms in total. The number of anilines is 1. The summed E-state index contributed by atoms with van der Waals surface area (Å²) in [6.45, 7) is 0. The first kappa shape index (κ1) is 17.4. The zero-order chi connectivity index (χ0) is 17.7. The van der Waals surface area contributed by atoms with Crippen LogP contribution in [-0.2, 0) is 0 Å². The van der Waals surface area contributed by atoms with Crippen LogP contribution in [0.4, 0.5) is 5.69 Å². The van der Waals surface area contributed by atoms with Crippen molar-refractivity contribution in [2.75, 3.05) is 33.2 Å². The van der Waals surface area contributed by atoms with Gasteiger partial charge in [0.05, 0.1) is 14.2 Å². The first-order valence-corrected chi connectivity index (χ1v) is 7.41. The number of nitrogens with zero attached hydrogens (tertiary/aromatic N) is 1. The number of rotatable bonds is 6. The van der Waals surface area contributed by atoms with Crippen LogP contribution in [0.5, 0.6) is 17.2 Å². The number of allylic oxidation sites excluding steroid dienone is 1. The third-order valence-corrected chi connectivity index (χ3v) is 3.60. The standard InChI is InChI=1S/C19H21NO4/c1-20(2)15-8-5-13(6-9-15)7-10-16(21)14-11-17(23-3)19(22)18(12-14)24-4/h5-12,22H,1-4H3/b10-7+. The zero-order valence-electron chi connectivity index (χ0n) is 14.2. The molecular weight excluding hydrogens is 306 g/mol. The van der Waals surface area contributed by atoms with Gasteiger partial charge in [-0.1, -0.05) is 18.2 Å². The van der Waals surface area contributed by atoms with Crippen molar-refractivity contribution in [2.24, 2.45) is 0 Å². The van der Waals surface area contributed by atoms with Crippen molar-refractivity contribution in [3.05, 3.63) is 53.6 Å². The van der Waals surface area contributed by atoms with Gasteiger partial charge in [0.25, 0.3) is 0 Å². The number of ketones is 1. The van der Waals surface area contributed by atoms with E-state index in [1.54, 1.807) is 6.08 Å². The molecule has 0 aromatic heterocycles. The molecule has 0 fully saturated rings. The number of hydrogen-bond acceptors (Lipinski definition) is 5. The molecule has 5 heteroatoms. The van der Waals surface area contributed by atoms with E-state index >= 15 is 0 Å². The maximum atomic E-state index is 12.4.